The smallest absolute Gasteiger partial charge is 0.384 e. The Kier molecular flexibility index (Phi) is 12.7. The van der Waals surface area contributed by atoms with Crippen LogP contribution in [0.25, 0.3) is 0 Å². The lowest BCUT2D eigenvalue weighted by Gasteiger charge is -2.16. The Morgan fingerprint density at radius 1 is 1.04 bits per heavy atom. The first kappa shape index (κ1) is 22.9. The third kappa shape index (κ3) is 11.3. The molecular weight excluding hydrogens is 352 g/mol. The predicted molar refractivity (Wildman–Crippen MR) is 99.2 cm³/mol. The number of carbonyl (C=O) groups excluding carboxylic acids is 1. The Balaban J connectivity index is 2.43. The van der Waals surface area contributed by atoms with Gasteiger partial charge in [0.1, 0.15) is 12.5 Å². The zero-order valence-corrected chi connectivity index (χ0v) is 16.2. The van der Waals surface area contributed by atoms with E-state index < -0.39 is 5.97 Å². The molecule has 1 rings (SSSR count). The normalized spacial score (nSPS) is 11.4. The van der Waals surface area contributed by atoms with E-state index in [1.54, 1.807) is 14.2 Å². The molecule has 0 spiro atoms. The summed E-state index contributed by atoms with van der Waals surface area (Å²) in [4.78, 5) is 11.1. The molecule has 0 fully saturated rings. The molecule has 0 radical (unpaired) electrons. The number of methoxy groups -OCH3 is 3. The molecule has 0 saturated carbocycles. The van der Waals surface area contributed by atoms with Crippen molar-refractivity contribution in [3.8, 4) is 17.6 Å². The van der Waals surface area contributed by atoms with Crippen molar-refractivity contribution < 1.29 is 33.2 Å². The minimum atomic E-state index is -0.563. The number of hydrogen-bond donors (Lipinski definition) is 0. The first-order valence-corrected chi connectivity index (χ1v) is 8.65. The summed E-state index contributed by atoms with van der Waals surface area (Å²) in [6.45, 7) is 2.10. The molecule has 1 aromatic rings. The van der Waals surface area contributed by atoms with Gasteiger partial charge in [0, 0.05) is 19.5 Å². The van der Waals surface area contributed by atoms with Gasteiger partial charge in [-0.25, -0.2) is 4.79 Å². The highest BCUT2D eigenvalue weighted by Crippen LogP contribution is 2.14. The Bertz CT molecular complexity index is 574. The molecule has 0 aliphatic heterocycles. The molecule has 0 heterocycles. The minimum absolute atomic E-state index is 0.178. The molecule has 150 valence electrons. The van der Waals surface area contributed by atoms with Crippen LogP contribution < -0.4 is 4.74 Å². The lowest BCUT2D eigenvalue weighted by atomic mass is 10.2. The van der Waals surface area contributed by atoms with Crippen molar-refractivity contribution >= 4 is 5.97 Å². The lowest BCUT2D eigenvalue weighted by Crippen LogP contribution is -2.16. The highest BCUT2D eigenvalue weighted by atomic mass is 16.7. The average molecular weight is 380 g/mol. The first-order chi connectivity index (χ1) is 13.2. The van der Waals surface area contributed by atoms with Gasteiger partial charge in [-0.05, 0) is 24.1 Å². The van der Waals surface area contributed by atoms with Crippen molar-refractivity contribution in [2.75, 3.05) is 47.9 Å². The van der Waals surface area contributed by atoms with Crippen molar-refractivity contribution in [2.24, 2.45) is 0 Å². The molecule has 0 bridgehead atoms. The summed E-state index contributed by atoms with van der Waals surface area (Å²) < 4.78 is 31.1. The Morgan fingerprint density at radius 2 is 1.78 bits per heavy atom. The molecular formula is C20H28O7. The molecule has 0 aliphatic rings. The van der Waals surface area contributed by atoms with Gasteiger partial charge in [0.25, 0.3) is 0 Å². The van der Waals surface area contributed by atoms with Crippen molar-refractivity contribution in [1.82, 2.24) is 0 Å². The van der Waals surface area contributed by atoms with E-state index in [-0.39, 0.29) is 12.9 Å². The number of ether oxygens (including phenoxy) is 6. The monoisotopic (exact) mass is 380 g/mol. The second-order valence-corrected chi connectivity index (χ2v) is 5.49. The van der Waals surface area contributed by atoms with Crippen LogP contribution in [0.15, 0.2) is 24.3 Å². The SMILES string of the molecule is COCCOCOCC[C@H](CC#CC(=O)OC)OCc1ccc(OC)cc1. The number of carbonyl (C=O) groups is 1. The van der Waals surface area contributed by atoms with Crippen LogP contribution in [0.5, 0.6) is 5.75 Å². The van der Waals surface area contributed by atoms with Gasteiger partial charge in [0.2, 0.25) is 0 Å². The van der Waals surface area contributed by atoms with Crippen LogP contribution in [0, 0.1) is 11.8 Å². The molecule has 0 saturated heterocycles. The molecule has 1 aromatic carbocycles. The van der Waals surface area contributed by atoms with Crippen LogP contribution in [0.4, 0.5) is 0 Å². The molecule has 7 nitrogen and oxygen atoms in total. The van der Waals surface area contributed by atoms with Gasteiger partial charge in [-0.2, -0.15) is 0 Å². The maximum absolute atomic E-state index is 11.1. The molecule has 27 heavy (non-hydrogen) atoms. The molecule has 1 atom stereocenters. The second kappa shape index (κ2) is 15.0. The van der Waals surface area contributed by atoms with Gasteiger partial charge in [-0.15, -0.1) is 0 Å². The van der Waals surface area contributed by atoms with E-state index in [2.05, 4.69) is 16.6 Å². The predicted octanol–water partition coefficient (Wildman–Crippen LogP) is 2.17. The van der Waals surface area contributed by atoms with Crippen molar-refractivity contribution in [3.63, 3.8) is 0 Å². The Morgan fingerprint density at radius 3 is 2.44 bits per heavy atom. The van der Waals surface area contributed by atoms with E-state index in [0.717, 1.165) is 11.3 Å². The summed E-state index contributed by atoms with van der Waals surface area (Å²) in [5.74, 6) is 5.43. The van der Waals surface area contributed by atoms with Crippen molar-refractivity contribution in [1.29, 1.82) is 0 Å². The molecule has 7 heteroatoms. The summed E-state index contributed by atoms with van der Waals surface area (Å²) in [5.41, 5.74) is 1.02. The van der Waals surface area contributed by atoms with Crippen LogP contribution in [0.3, 0.4) is 0 Å². The summed E-state index contributed by atoms with van der Waals surface area (Å²) in [7, 11) is 4.54. The highest BCUT2D eigenvalue weighted by molar-refractivity contribution is 5.88. The van der Waals surface area contributed by atoms with Gasteiger partial charge in [-0.1, -0.05) is 18.1 Å². The minimum Gasteiger partial charge on any atom is -0.497 e. The number of rotatable bonds is 13. The molecule has 0 aromatic heterocycles. The number of hydrogen-bond acceptors (Lipinski definition) is 7. The summed E-state index contributed by atoms with van der Waals surface area (Å²) in [5, 5.41) is 0. The maximum atomic E-state index is 11.1. The second-order valence-electron chi connectivity index (χ2n) is 5.49. The molecule has 0 aliphatic carbocycles. The average Bonchev–Trinajstić information content (AvgIpc) is 2.70. The van der Waals surface area contributed by atoms with E-state index in [4.69, 9.17) is 23.7 Å². The standard InChI is InChI=1S/C20H28O7/c1-22-13-14-26-16-25-12-11-19(5-4-6-20(21)24-3)27-15-17-7-9-18(23-2)10-8-17/h7-10,19H,5,11-16H2,1-3H3/t19-/m0/s1. The largest absolute Gasteiger partial charge is 0.497 e. The third-order valence-corrected chi connectivity index (χ3v) is 3.53. The van der Waals surface area contributed by atoms with Gasteiger partial charge in [-0.3, -0.25) is 0 Å². The van der Waals surface area contributed by atoms with Crippen LogP contribution in [-0.4, -0.2) is 60.0 Å². The van der Waals surface area contributed by atoms with E-state index in [0.29, 0.717) is 39.3 Å². The number of benzene rings is 1. The topological polar surface area (TPSA) is 72.5 Å². The summed E-state index contributed by atoms with van der Waals surface area (Å²) in [6, 6.07) is 7.64. The Labute approximate surface area is 160 Å². The first-order valence-electron chi connectivity index (χ1n) is 8.65. The summed E-state index contributed by atoms with van der Waals surface area (Å²) >= 11 is 0. The summed E-state index contributed by atoms with van der Waals surface area (Å²) in [6.07, 6.45) is 0.849. The quantitative estimate of drug-likeness (QED) is 0.171. The van der Waals surface area contributed by atoms with E-state index in [1.165, 1.54) is 7.11 Å². The number of esters is 1. The molecule has 0 amide bonds. The Hall–Kier alpha value is -2.11. The third-order valence-electron chi connectivity index (χ3n) is 3.53. The fraction of sp³-hybridized carbons (Fsp3) is 0.550. The van der Waals surface area contributed by atoms with Crippen LogP contribution >= 0.6 is 0 Å². The van der Waals surface area contributed by atoms with Gasteiger partial charge in [0.15, 0.2) is 0 Å². The van der Waals surface area contributed by atoms with Crippen LogP contribution in [0.2, 0.25) is 0 Å². The fourth-order valence-electron chi connectivity index (χ4n) is 2.00. The molecule has 0 unspecified atom stereocenters. The van der Waals surface area contributed by atoms with Crippen molar-refractivity contribution in [2.45, 2.75) is 25.6 Å². The van der Waals surface area contributed by atoms with Crippen LogP contribution in [0.1, 0.15) is 18.4 Å². The maximum Gasteiger partial charge on any atom is 0.384 e. The van der Waals surface area contributed by atoms with Gasteiger partial charge < -0.3 is 28.4 Å². The zero-order chi connectivity index (χ0) is 19.7. The highest BCUT2D eigenvalue weighted by Gasteiger charge is 2.09. The van der Waals surface area contributed by atoms with Crippen LogP contribution in [-0.2, 0) is 35.1 Å². The van der Waals surface area contributed by atoms with Gasteiger partial charge >= 0.3 is 5.97 Å². The van der Waals surface area contributed by atoms with Crippen molar-refractivity contribution in [3.05, 3.63) is 29.8 Å². The van der Waals surface area contributed by atoms with E-state index in [9.17, 15) is 4.79 Å². The zero-order valence-electron chi connectivity index (χ0n) is 16.2. The fourth-order valence-corrected chi connectivity index (χ4v) is 2.00. The lowest BCUT2D eigenvalue weighted by molar-refractivity contribution is -0.133. The molecule has 0 N–H and O–H groups in total. The van der Waals surface area contributed by atoms with E-state index in [1.807, 2.05) is 24.3 Å². The van der Waals surface area contributed by atoms with E-state index >= 15 is 0 Å². The van der Waals surface area contributed by atoms with Gasteiger partial charge in [0.05, 0.1) is 46.8 Å².